The molecule has 0 atom stereocenters. The Morgan fingerprint density at radius 1 is 1.06 bits per heavy atom. The molecule has 0 fully saturated rings. The molecule has 88 valence electrons. The van der Waals surface area contributed by atoms with E-state index in [1.165, 1.54) is 6.07 Å². The van der Waals surface area contributed by atoms with Crippen molar-refractivity contribution in [3.63, 3.8) is 0 Å². The fourth-order valence-corrected chi connectivity index (χ4v) is 2.12. The molecule has 0 radical (unpaired) electrons. The van der Waals surface area contributed by atoms with Crippen molar-refractivity contribution in [2.24, 2.45) is 0 Å². The summed E-state index contributed by atoms with van der Waals surface area (Å²) in [5.74, 6) is -0.359. The van der Waals surface area contributed by atoms with Gasteiger partial charge in [-0.25, -0.2) is 4.39 Å². The predicted octanol–water partition coefficient (Wildman–Crippen LogP) is 3.60. The van der Waals surface area contributed by atoms with E-state index in [-0.39, 0.29) is 12.4 Å². The molecular formula is C15H15FO. The van der Waals surface area contributed by atoms with Gasteiger partial charge in [-0.1, -0.05) is 24.3 Å². The number of halogens is 1. The first kappa shape index (κ1) is 11.8. The predicted molar refractivity (Wildman–Crippen MR) is 67.2 cm³/mol. The smallest absolute Gasteiger partial charge is 0.128 e. The number of aliphatic hydroxyl groups is 1. The van der Waals surface area contributed by atoms with Crippen LogP contribution in [-0.2, 0) is 6.61 Å². The summed E-state index contributed by atoms with van der Waals surface area (Å²) in [4.78, 5) is 0. The van der Waals surface area contributed by atoms with Gasteiger partial charge < -0.3 is 5.11 Å². The Labute approximate surface area is 101 Å². The van der Waals surface area contributed by atoms with Crippen molar-refractivity contribution in [3.05, 3.63) is 58.9 Å². The lowest BCUT2D eigenvalue weighted by Gasteiger charge is -2.11. The summed E-state index contributed by atoms with van der Waals surface area (Å²) in [7, 11) is 0. The number of rotatable bonds is 2. The molecule has 2 heteroatoms. The molecule has 0 bridgehead atoms. The fourth-order valence-electron chi connectivity index (χ4n) is 2.12. The summed E-state index contributed by atoms with van der Waals surface area (Å²) in [5, 5.41) is 9.09. The molecule has 0 saturated heterocycles. The van der Waals surface area contributed by atoms with Crippen molar-refractivity contribution in [1.82, 2.24) is 0 Å². The van der Waals surface area contributed by atoms with E-state index in [1.54, 1.807) is 12.1 Å². The van der Waals surface area contributed by atoms with E-state index in [0.717, 1.165) is 22.3 Å². The third-order valence-corrected chi connectivity index (χ3v) is 2.99. The molecule has 1 N–H and O–H groups in total. The minimum atomic E-state index is -0.359. The van der Waals surface area contributed by atoms with Crippen molar-refractivity contribution in [2.45, 2.75) is 20.5 Å². The van der Waals surface area contributed by atoms with Gasteiger partial charge in [0, 0.05) is 5.56 Å². The van der Waals surface area contributed by atoms with Crippen molar-refractivity contribution >= 4 is 0 Å². The average molecular weight is 230 g/mol. The highest BCUT2D eigenvalue weighted by atomic mass is 19.1. The van der Waals surface area contributed by atoms with Crippen molar-refractivity contribution < 1.29 is 9.50 Å². The van der Waals surface area contributed by atoms with Crippen LogP contribution in [0.15, 0.2) is 36.4 Å². The molecule has 0 saturated carbocycles. The van der Waals surface area contributed by atoms with E-state index in [9.17, 15) is 4.39 Å². The standard InChI is InChI=1S/C15H15FO/c1-10-4-3-5-11(2)15(10)12-6-7-14(16)13(8-12)9-17/h3-8,17H,9H2,1-2H3. The van der Waals surface area contributed by atoms with Gasteiger partial charge in [-0.3, -0.25) is 0 Å². The maximum atomic E-state index is 13.3. The minimum Gasteiger partial charge on any atom is -0.392 e. The van der Waals surface area contributed by atoms with Gasteiger partial charge >= 0.3 is 0 Å². The Kier molecular flexibility index (Phi) is 3.25. The zero-order valence-corrected chi connectivity index (χ0v) is 10.00. The van der Waals surface area contributed by atoms with E-state index in [4.69, 9.17) is 5.11 Å². The zero-order chi connectivity index (χ0) is 12.4. The molecule has 2 aromatic rings. The largest absolute Gasteiger partial charge is 0.392 e. The first-order valence-corrected chi connectivity index (χ1v) is 5.59. The first-order chi connectivity index (χ1) is 8.13. The average Bonchev–Trinajstić information content (AvgIpc) is 2.31. The topological polar surface area (TPSA) is 20.2 Å². The second kappa shape index (κ2) is 4.68. The van der Waals surface area contributed by atoms with Crippen LogP contribution in [0.3, 0.4) is 0 Å². The van der Waals surface area contributed by atoms with Crippen LogP contribution in [0, 0.1) is 19.7 Å². The molecule has 0 heterocycles. The summed E-state index contributed by atoms with van der Waals surface area (Å²) < 4.78 is 13.3. The molecular weight excluding hydrogens is 215 g/mol. The Hall–Kier alpha value is -1.67. The van der Waals surface area contributed by atoms with Crippen LogP contribution in [-0.4, -0.2) is 5.11 Å². The molecule has 0 unspecified atom stereocenters. The van der Waals surface area contributed by atoms with E-state index in [1.807, 2.05) is 32.0 Å². The number of hydrogen-bond donors (Lipinski definition) is 1. The Balaban J connectivity index is 2.61. The second-order valence-electron chi connectivity index (χ2n) is 4.23. The lowest BCUT2D eigenvalue weighted by Crippen LogP contribution is -1.93. The summed E-state index contributed by atoms with van der Waals surface area (Å²) in [6, 6.07) is 10.9. The maximum absolute atomic E-state index is 13.3. The van der Waals surface area contributed by atoms with Gasteiger partial charge in [-0.2, -0.15) is 0 Å². The van der Waals surface area contributed by atoms with Gasteiger partial charge in [-0.05, 0) is 48.2 Å². The maximum Gasteiger partial charge on any atom is 0.128 e. The van der Waals surface area contributed by atoms with Crippen LogP contribution in [0.2, 0.25) is 0 Å². The van der Waals surface area contributed by atoms with E-state index >= 15 is 0 Å². The summed E-state index contributed by atoms with van der Waals surface area (Å²) >= 11 is 0. The first-order valence-electron chi connectivity index (χ1n) is 5.59. The summed E-state index contributed by atoms with van der Waals surface area (Å²) in [5.41, 5.74) is 4.71. The normalized spacial score (nSPS) is 10.6. The number of benzene rings is 2. The molecule has 2 rings (SSSR count). The Bertz CT molecular complexity index is 526. The third-order valence-electron chi connectivity index (χ3n) is 2.99. The summed E-state index contributed by atoms with van der Waals surface area (Å²) in [6.07, 6.45) is 0. The van der Waals surface area contributed by atoms with Crippen LogP contribution in [0.25, 0.3) is 11.1 Å². The lowest BCUT2D eigenvalue weighted by atomic mass is 9.94. The molecule has 1 nitrogen and oxygen atoms in total. The number of aryl methyl sites for hydroxylation is 2. The number of hydrogen-bond acceptors (Lipinski definition) is 1. The van der Waals surface area contributed by atoms with Gasteiger partial charge in [0.25, 0.3) is 0 Å². The van der Waals surface area contributed by atoms with Gasteiger partial charge in [0.15, 0.2) is 0 Å². The molecule has 2 aromatic carbocycles. The van der Waals surface area contributed by atoms with Gasteiger partial charge in [0.05, 0.1) is 6.61 Å². The lowest BCUT2D eigenvalue weighted by molar-refractivity contribution is 0.276. The quantitative estimate of drug-likeness (QED) is 0.835. The van der Waals surface area contributed by atoms with Gasteiger partial charge in [0.1, 0.15) is 5.82 Å². The zero-order valence-electron chi connectivity index (χ0n) is 10.00. The van der Waals surface area contributed by atoms with Crippen LogP contribution in [0.5, 0.6) is 0 Å². The van der Waals surface area contributed by atoms with Crippen molar-refractivity contribution in [2.75, 3.05) is 0 Å². The molecule has 0 amide bonds. The van der Waals surface area contributed by atoms with Crippen molar-refractivity contribution in [1.29, 1.82) is 0 Å². The van der Waals surface area contributed by atoms with E-state index < -0.39 is 0 Å². The Morgan fingerprint density at radius 2 is 1.71 bits per heavy atom. The van der Waals surface area contributed by atoms with E-state index in [0.29, 0.717) is 5.56 Å². The van der Waals surface area contributed by atoms with Crippen LogP contribution in [0.1, 0.15) is 16.7 Å². The van der Waals surface area contributed by atoms with Gasteiger partial charge in [-0.15, -0.1) is 0 Å². The molecule has 0 spiro atoms. The van der Waals surface area contributed by atoms with Crippen LogP contribution >= 0.6 is 0 Å². The number of aliphatic hydroxyl groups excluding tert-OH is 1. The van der Waals surface area contributed by atoms with Crippen molar-refractivity contribution in [3.8, 4) is 11.1 Å². The monoisotopic (exact) mass is 230 g/mol. The molecule has 0 aliphatic rings. The summed E-state index contributed by atoms with van der Waals surface area (Å²) in [6.45, 7) is 3.79. The minimum absolute atomic E-state index is 0.273. The SMILES string of the molecule is Cc1cccc(C)c1-c1ccc(F)c(CO)c1. The molecule has 0 aliphatic heterocycles. The Morgan fingerprint density at radius 3 is 2.29 bits per heavy atom. The highest BCUT2D eigenvalue weighted by Crippen LogP contribution is 2.28. The van der Waals surface area contributed by atoms with E-state index in [2.05, 4.69) is 0 Å². The highest BCUT2D eigenvalue weighted by Gasteiger charge is 2.08. The fraction of sp³-hybridized carbons (Fsp3) is 0.200. The van der Waals surface area contributed by atoms with Crippen LogP contribution < -0.4 is 0 Å². The second-order valence-corrected chi connectivity index (χ2v) is 4.23. The molecule has 17 heavy (non-hydrogen) atoms. The molecule has 0 aliphatic carbocycles. The third kappa shape index (κ3) is 2.22. The van der Waals surface area contributed by atoms with Gasteiger partial charge in [0.2, 0.25) is 0 Å². The van der Waals surface area contributed by atoms with Crippen LogP contribution in [0.4, 0.5) is 4.39 Å². The molecule has 0 aromatic heterocycles. The highest BCUT2D eigenvalue weighted by molar-refractivity contribution is 5.71.